The van der Waals surface area contributed by atoms with Crippen molar-refractivity contribution in [3.05, 3.63) is 47.5 Å². The molecule has 0 saturated heterocycles. The molecule has 4 rings (SSSR count). The molecule has 1 heterocycles. The van der Waals surface area contributed by atoms with Crippen molar-refractivity contribution in [3.63, 3.8) is 0 Å². The molecule has 0 saturated carbocycles. The topological polar surface area (TPSA) is 53.1 Å². The van der Waals surface area contributed by atoms with E-state index in [9.17, 15) is 0 Å². The van der Waals surface area contributed by atoms with Crippen LogP contribution in [0.5, 0.6) is 5.75 Å². The lowest BCUT2D eigenvalue weighted by atomic mass is 10.1. The second-order valence-corrected chi connectivity index (χ2v) is 5.44. The molecule has 1 aromatic heterocycles. The van der Waals surface area contributed by atoms with Crippen LogP contribution in [0.25, 0.3) is 16.7 Å². The van der Waals surface area contributed by atoms with Crippen LogP contribution in [0.15, 0.2) is 36.4 Å². The lowest BCUT2D eigenvalue weighted by Crippen LogP contribution is -2.01. The number of fused-ring (bicyclic) bond motifs is 2. The second-order valence-electron chi connectivity index (χ2n) is 5.44. The van der Waals surface area contributed by atoms with Crippen LogP contribution in [0.3, 0.4) is 0 Å². The van der Waals surface area contributed by atoms with E-state index in [-0.39, 0.29) is 0 Å². The molecule has 0 atom stereocenters. The third kappa shape index (κ3) is 1.79. The number of para-hydroxylation sites is 1. The molecule has 0 radical (unpaired) electrons. The monoisotopic (exact) mass is 279 g/mol. The number of aryl methyl sites for hydroxylation is 2. The molecule has 0 fully saturated rings. The summed E-state index contributed by atoms with van der Waals surface area (Å²) in [6.07, 6.45) is 3.58. The molecule has 2 aromatic carbocycles. The number of ether oxygens (including phenoxy) is 1. The summed E-state index contributed by atoms with van der Waals surface area (Å²) in [4.78, 5) is 4.47. The Morgan fingerprint density at radius 2 is 2.00 bits per heavy atom. The number of methoxy groups -OCH3 is 1. The first-order chi connectivity index (χ1) is 10.3. The Morgan fingerprint density at radius 1 is 1.14 bits per heavy atom. The highest BCUT2D eigenvalue weighted by Gasteiger charge is 2.16. The summed E-state index contributed by atoms with van der Waals surface area (Å²) in [5.74, 6) is 1.24. The van der Waals surface area contributed by atoms with E-state index in [0.29, 0.717) is 5.95 Å². The van der Waals surface area contributed by atoms with E-state index in [4.69, 9.17) is 10.5 Å². The SMILES string of the molecule is COc1cccc2c1nc(N)n2-c1ccc2c(c1)CCC2. The van der Waals surface area contributed by atoms with Crippen molar-refractivity contribution >= 4 is 17.0 Å². The summed E-state index contributed by atoms with van der Waals surface area (Å²) < 4.78 is 7.37. The van der Waals surface area contributed by atoms with Crippen LogP contribution in [0.1, 0.15) is 17.5 Å². The summed E-state index contributed by atoms with van der Waals surface area (Å²) >= 11 is 0. The van der Waals surface area contributed by atoms with E-state index in [1.807, 2.05) is 22.8 Å². The van der Waals surface area contributed by atoms with Crippen molar-refractivity contribution in [2.45, 2.75) is 19.3 Å². The van der Waals surface area contributed by atoms with Gasteiger partial charge in [-0.1, -0.05) is 12.1 Å². The Hall–Kier alpha value is -2.49. The molecule has 0 unspecified atom stereocenters. The minimum atomic E-state index is 0.493. The van der Waals surface area contributed by atoms with Crippen molar-refractivity contribution in [2.24, 2.45) is 0 Å². The number of rotatable bonds is 2. The van der Waals surface area contributed by atoms with E-state index >= 15 is 0 Å². The fourth-order valence-corrected chi connectivity index (χ4v) is 3.22. The quantitative estimate of drug-likeness (QED) is 0.784. The smallest absolute Gasteiger partial charge is 0.206 e. The van der Waals surface area contributed by atoms with Gasteiger partial charge in [-0.05, 0) is 54.7 Å². The van der Waals surface area contributed by atoms with E-state index in [2.05, 4.69) is 23.2 Å². The zero-order valence-electron chi connectivity index (χ0n) is 12.0. The summed E-state index contributed by atoms with van der Waals surface area (Å²) in [6, 6.07) is 12.5. The highest BCUT2D eigenvalue weighted by atomic mass is 16.5. The van der Waals surface area contributed by atoms with Crippen molar-refractivity contribution in [1.29, 1.82) is 0 Å². The molecule has 4 heteroatoms. The molecule has 0 spiro atoms. The number of aromatic nitrogens is 2. The van der Waals surface area contributed by atoms with Crippen LogP contribution in [0.2, 0.25) is 0 Å². The molecule has 1 aliphatic carbocycles. The lowest BCUT2D eigenvalue weighted by Gasteiger charge is -2.09. The first-order valence-corrected chi connectivity index (χ1v) is 7.21. The maximum Gasteiger partial charge on any atom is 0.206 e. The van der Waals surface area contributed by atoms with Gasteiger partial charge in [0.15, 0.2) is 0 Å². The van der Waals surface area contributed by atoms with Gasteiger partial charge in [0.1, 0.15) is 11.3 Å². The zero-order chi connectivity index (χ0) is 14.4. The van der Waals surface area contributed by atoms with Gasteiger partial charge in [-0.2, -0.15) is 0 Å². The molecule has 4 nitrogen and oxygen atoms in total. The number of hydrogen-bond donors (Lipinski definition) is 1. The first-order valence-electron chi connectivity index (χ1n) is 7.21. The van der Waals surface area contributed by atoms with E-state index in [1.165, 1.54) is 24.0 Å². The van der Waals surface area contributed by atoms with Gasteiger partial charge in [-0.15, -0.1) is 0 Å². The summed E-state index contributed by atoms with van der Waals surface area (Å²) in [7, 11) is 1.65. The maximum absolute atomic E-state index is 6.15. The number of nitrogens with zero attached hydrogens (tertiary/aromatic N) is 2. The van der Waals surface area contributed by atoms with E-state index in [1.54, 1.807) is 7.11 Å². The second kappa shape index (κ2) is 4.52. The van der Waals surface area contributed by atoms with Crippen LogP contribution in [0.4, 0.5) is 5.95 Å². The number of imidazole rings is 1. The Balaban J connectivity index is 1.96. The average molecular weight is 279 g/mol. The number of nitrogen functional groups attached to an aromatic ring is 1. The molecule has 0 amide bonds. The van der Waals surface area contributed by atoms with Crippen LogP contribution in [0, 0.1) is 0 Å². The standard InChI is InChI=1S/C17H17N3O/c1-21-15-7-3-6-14-16(15)19-17(18)20(14)13-9-8-11-4-2-5-12(11)10-13/h3,6-10H,2,4-5H2,1H3,(H2,18,19). The molecule has 0 bridgehead atoms. The van der Waals surface area contributed by atoms with E-state index < -0.39 is 0 Å². The van der Waals surface area contributed by atoms with Crippen molar-refractivity contribution in [2.75, 3.05) is 12.8 Å². The maximum atomic E-state index is 6.15. The summed E-state index contributed by atoms with van der Waals surface area (Å²) in [5.41, 5.74) is 11.9. The van der Waals surface area contributed by atoms with Gasteiger partial charge in [0, 0.05) is 5.69 Å². The van der Waals surface area contributed by atoms with Gasteiger partial charge in [0.2, 0.25) is 5.95 Å². The molecule has 106 valence electrons. The number of benzene rings is 2. The molecule has 1 aliphatic rings. The van der Waals surface area contributed by atoms with Crippen LogP contribution >= 0.6 is 0 Å². The van der Waals surface area contributed by atoms with Gasteiger partial charge in [-0.3, -0.25) is 4.57 Å². The lowest BCUT2D eigenvalue weighted by molar-refractivity contribution is 0.419. The minimum absolute atomic E-state index is 0.493. The van der Waals surface area contributed by atoms with E-state index in [0.717, 1.165) is 28.9 Å². The Labute approximate surface area is 123 Å². The van der Waals surface area contributed by atoms with Gasteiger partial charge in [-0.25, -0.2) is 4.98 Å². The average Bonchev–Trinajstić information content (AvgIpc) is 3.08. The predicted molar refractivity (Wildman–Crippen MR) is 84.1 cm³/mol. The van der Waals surface area contributed by atoms with Gasteiger partial charge >= 0.3 is 0 Å². The number of anilines is 1. The molecule has 3 aromatic rings. The van der Waals surface area contributed by atoms with Gasteiger partial charge < -0.3 is 10.5 Å². The highest BCUT2D eigenvalue weighted by molar-refractivity contribution is 5.86. The molecule has 2 N–H and O–H groups in total. The highest BCUT2D eigenvalue weighted by Crippen LogP contribution is 2.31. The zero-order valence-corrected chi connectivity index (χ0v) is 12.0. The number of nitrogens with two attached hydrogens (primary N) is 1. The fraction of sp³-hybridized carbons (Fsp3) is 0.235. The van der Waals surface area contributed by atoms with Gasteiger partial charge in [0.25, 0.3) is 0 Å². The van der Waals surface area contributed by atoms with Crippen molar-refractivity contribution in [3.8, 4) is 11.4 Å². The molecular formula is C17H17N3O. The summed E-state index contributed by atoms with van der Waals surface area (Å²) in [5, 5.41) is 0. The van der Waals surface area contributed by atoms with Crippen molar-refractivity contribution in [1.82, 2.24) is 9.55 Å². The minimum Gasteiger partial charge on any atom is -0.494 e. The van der Waals surface area contributed by atoms with Crippen LogP contribution in [-0.4, -0.2) is 16.7 Å². The predicted octanol–water partition coefficient (Wildman–Crippen LogP) is 3.11. The Morgan fingerprint density at radius 3 is 2.86 bits per heavy atom. The fourth-order valence-electron chi connectivity index (χ4n) is 3.22. The third-order valence-electron chi connectivity index (χ3n) is 4.23. The summed E-state index contributed by atoms with van der Waals surface area (Å²) in [6.45, 7) is 0. The molecular weight excluding hydrogens is 262 g/mol. The Kier molecular flexibility index (Phi) is 2.64. The normalized spacial score (nSPS) is 13.6. The first kappa shape index (κ1) is 12.3. The third-order valence-corrected chi connectivity index (χ3v) is 4.23. The number of hydrogen-bond acceptors (Lipinski definition) is 3. The van der Waals surface area contributed by atoms with Crippen LogP contribution < -0.4 is 10.5 Å². The van der Waals surface area contributed by atoms with Crippen LogP contribution in [-0.2, 0) is 12.8 Å². The van der Waals surface area contributed by atoms with Gasteiger partial charge in [0.05, 0.1) is 12.6 Å². The molecule has 0 aliphatic heterocycles. The largest absolute Gasteiger partial charge is 0.494 e. The molecule has 21 heavy (non-hydrogen) atoms. The Bertz CT molecular complexity index is 835. The van der Waals surface area contributed by atoms with Crippen molar-refractivity contribution < 1.29 is 4.74 Å².